The van der Waals surface area contributed by atoms with E-state index < -0.39 is 12.6 Å². The van der Waals surface area contributed by atoms with Gasteiger partial charge in [0.2, 0.25) is 5.75 Å². The van der Waals surface area contributed by atoms with Crippen molar-refractivity contribution in [2.45, 2.75) is 18.9 Å². The molecule has 1 atom stereocenters. The van der Waals surface area contributed by atoms with Crippen molar-refractivity contribution < 1.29 is 18.7 Å². The fourth-order valence-electron chi connectivity index (χ4n) is 4.41. The van der Waals surface area contributed by atoms with E-state index in [0.717, 1.165) is 48.6 Å². The van der Waals surface area contributed by atoms with Gasteiger partial charge < -0.3 is 4.74 Å². The van der Waals surface area contributed by atoms with E-state index in [4.69, 9.17) is 9.26 Å². The highest BCUT2D eigenvalue weighted by atomic mass is 31.2. The third-order valence-corrected chi connectivity index (χ3v) is 9.10. The molecule has 3 aliphatic rings. The zero-order valence-corrected chi connectivity index (χ0v) is 19.3. The van der Waals surface area contributed by atoms with Crippen LogP contribution in [0.5, 0.6) is 11.5 Å². The number of fused-ring (bicyclic) bond motifs is 1. The summed E-state index contributed by atoms with van der Waals surface area (Å²) in [6.07, 6.45) is 2.52. The second-order valence-corrected chi connectivity index (χ2v) is 10.9. The first kappa shape index (κ1) is 21.4. The van der Waals surface area contributed by atoms with Crippen LogP contribution in [0.3, 0.4) is 0 Å². The molecule has 2 aliphatic heterocycles. The topological polar surface area (TPSA) is 97.6 Å². The van der Waals surface area contributed by atoms with E-state index in [-0.39, 0.29) is 17.5 Å². The van der Waals surface area contributed by atoms with Gasteiger partial charge in [0.15, 0.2) is 0 Å². The molecule has 1 aliphatic carbocycles. The number of pyridine rings is 1. The van der Waals surface area contributed by atoms with Crippen LogP contribution in [0.1, 0.15) is 23.7 Å². The van der Waals surface area contributed by atoms with Gasteiger partial charge in [-0.05, 0) is 60.9 Å². The highest BCUT2D eigenvalue weighted by Gasteiger charge is 2.51. The van der Waals surface area contributed by atoms with E-state index in [9.17, 15) is 14.7 Å². The van der Waals surface area contributed by atoms with Gasteiger partial charge in [-0.25, -0.2) is 9.34 Å². The first-order chi connectivity index (χ1) is 16.5. The standard InChI is InChI=1S/C24H23N4O5P/c29-28(30)22-10-8-19-20(9-11-23(19)33-34(31,26-13-14-26)27-15-16-27)24(22)32-18-6-4-17(5-7-18)21-3-1-2-12-25-21/h1-8,10,12,23H,9,11,13-16H2. The number of aromatic nitrogens is 1. The quantitative estimate of drug-likeness (QED) is 0.189. The lowest BCUT2D eigenvalue weighted by Crippen LogP contribution is -2.11. The number of rotatable bonds is 8. The Morgan fingerprint density at radius 3 is 2.35 bits per heavy atom. The molecule has 174 valence electrons. The fraction of sp³-hybridized carbons (Fsp3) is 0.292. The van der Waals surface area contributed by atoms with E-state index in [1.165, 1.54) is 6.07 Å². The summed E-state index contributed by atoms with van der Waals surface area (Å²) in [5.41, 5.74) is 3.23. The smallest absolute Gasteiger partial charge is 0.346 e. The van der Waals surface area contributed by atoms with E-state index in [0.29, 0.717) is 18.6 Å². The van der Waals surface area contributed by atoms with Crippen molar-refractivity contribution in [3.05, 3.63) is 82.0 Å². The molecule has 0 spiro atoms. The summed E-state index contributed by atoms with van der Waals surface area (Å²) < 4.78 is 29.6. The van der Waals surface area contributed by atoms with Crippen molar-refractivity contribution in [1.82, 2.24) is 14.3 Å². The molecule has 2 saturated heterocycles. The molecule has 3 aromatic rings. The molecule has 6 rings (SSSR count). The number of nitrogens with zero attached hydrogens (tertiary/aromatic N) is 4. The molecule has 1 unspecified atom stereocenters. The van der Waals surface area contributed by atoms with E-state index >= 15 is 0 Å². The normalized spacial score (nSPS) is 19.6. The van der Waals surface area contributed by atoms with Gasteiger partial charge in [0.05, 0.1) is 16.7 Å². The highest BCUT2D eigenvalue weighted by Crippen LogP contribution is 2.64. The van der Waals surface area contributed by atoms with Crippen molar-refractivity contribution in [3.63, 3.8) is 0 Å². The largest absolute Gasteiger partial charge is 0.450 e. The van der Waals surface area contributed by atoms with Gasteiger partial charge in [0.25, 0.3) is 0 Å². The number of nitro groups is 1. The summed E-state index contributed by atoms with van der Waals surface area (Å²) in [6.45, 7) is 3.10. The molecule has 9 nitrogen and oxygen atoms in total. The summed E-state index contributed by atoms with van der Waals surface area (Å²) >= 11 is 0. The average molecular weight is 478 g/mol. The summed E-state index contributed by atoms with van der Waals surface area (Å²) in [5.74, 6) is 0.729. The van der Waals surface area contributed by atoms with Gasteiger partial charge >= 0.3 is 13.4 Å². The second kappa shape index (κ2) is 8.29. The Kier molecular flexibility index (Phi) is 5.22. The fourth-order valence-corrected chi connectivity index (χ4v) is 6.77. The van der Waals surface area contributed by atoms with Crippen LogP contribution in [0.2, 0.25) is 0 Å². The maximum absolute atomic E-state index is 13.5. The lowest BCUT2D eigenvalue weighted by atomic mass is 10.1. The lowest BCUT2D eigenvalue weighted by molar-refractivity contribution is -0.385. The zero-order chi connectivity index (χ0) is 23.3. The minimum Gasteiger partial charge on any atom is -0.450 e. The first-order valence-corrected chi connectivity index (χ1v) is 12.8. The van der Waals surface area contributed by atoms with E-state index in [1.54, 1.807) is 24.4 Å². The molecule has 0 amide bonds. The van der Waals surface area contributed by atoms with Gasteiger partial charge in [-0.2, -0.15) is 0 Å². The van der Waals surface area contributed by atoms with Crippen molar-refractivity contribution >= 4 is 13.4 Å². The number of hydrogen-bond acceptors (Lipinski definition) is 6. The van der Waals surface area contributed by atoms with E-state index in [1.807, 2.05) is 39.7 Å². The van der Waals surface area contributed by atoms with Crippen molar-refractivity contribution in [3.8, 4) is 22.8 Å². The van der Waals surface area contributed by atoms with Gasteiger partial charge in [0.1, 0.15) is 5.75 Å². The molecule has 0 N–H and O–H groups in total. The van der Waals surface area contributed by atoms with Crippen LogP contribution in [-0.2, 0) is 15.5 Å². The van der Waals surface area contributed by atoms with Crippen molar-refractivity contribution in [1.29, 1.82) is 0 Å². The number of hydrogen-bond donors (Lipinski definition) is 0. The highest BCUT2D eigenvalue weighted by molar-refractivity contribution is 7.54. The Morgan fingerprint density at radius 2 is 1.74 bits per heavy atom. The average Bonchev–Trinajstić information content (AvgIpc) is 3.77. The first-order valence-electron chi connectivity index (χ1n) is 11.3. The molecule has 2 fully saturated rings. The van der Waals surface area contributed by atoms with Crippen molar-refractivity contribution in [2.24, 2.45) is 0 Å². The van der Waals surface area contributed by atoms with Crippen LogP contribution in [0, 0.1) is 10.1 Å². The molecule has 0 bridgehead atoms. The van der Waals surface area contributed by atoms with Gasteiger partial charge in [-0.3, -0.25) is 24.2 Å². The monoisotopic (exact) mass is 478 g/mol. The third kappa shape index (κ3) is 3.91. The van der Waals surface area contributed by atoms with Crippen molar-refractivity contribution in [2.75, 3.05) is 26.2 Å². The summed E-state index contributed by atoms with van der Waals surface area (Å²) in [7, 11) is -3.01. The molecule has 2 aromatic carbocycles. The Hall–Kier alpha value is -3.10. The predicted octanol–water partition coefficient (Wildman–Crippen LogP) is 5.19. The summed E-state index contributed by atoms with van der Waals surface area (Å²) in [6, 6.07) is 16.2. The van der Waals surface area contributed by atoms with Crippen LogP contribution >= 0.6 is 7.67 Å². The maximum Gasteiger partial charge on any atom is 0.346 e. The van der Waals surface area contributed by atoms with Gasteiger partial charge in [0, 0.05) is 49.6 Å². The molecular weight excluding hydrogens is 455 g/mol. The molecule has 3 heterocycles. The summed E-state index contributed by atoms with van der Waals surface area (Å²) in [5, 5.41) is 11.8. The Morgan fingerprint density at radius 1 is 1.00 bits per heavy atom. The van der Waals surface area contributed by atoms with Crippen LogP contribution in [0.4, 0.5) is 5.69 Å². The molecule has 10 heteroatoms. The number of nitro benzene ring substituents is 1. The van der Waals surface area contributed by atoms with Crippen LogP contribution < -0.4 is 4.74 Å². The van der Waals surface area contributed by atoms with Crippen LogP contribution in [0.25, 0.3) is 11.3 Å². The third-order valence-electron chi connectivity index (χ3n) is 6.34. The van der Waals surface area contributed by atoms with E-state index in [2.05, 4.69) is 4.98 Å². The molecular formula is C24H23N4O5P. The van der Waals surface area contributed by atoms with Crippen LogP contribution in [-0.4, -0.2) is 45.4 Å². The molecule has 1 aromatic heterocycles. The lowest BCUT2D eigenvalue weighted by Gasteiger charge is -2.24. The Balaban J connectivity index is 1.30. The Bertz CT molecular complexity index is 1280. The Labute approximate surface area is 196 Å². The number of benzene rings is 2. The minimum atomic E-state index is -3.01. The maximum atomic E-state index is 13.5. The predicted molar refractivity (Wildman–Crippen MR) is 126 cm³/mol. The zero-order valence-electron chi connectivity index (χ0n) is 18.4. The SMILES string of the molecule is O=[N+]([O-])c1ccc2c(c1Oc1ccc(-c3ccccn3)cc1)CCC2OP(=O)(N1CC1)N1CC1. The second-order valence-electron chi connectivity index (χ2n) is 8.61. The molecule has 0 saturated carbocycles. The minimum absolute atomic E-state index is 0.0896. The molecule has 0 radical (unpaired) electrons. The van der Waals surface area contributed by atoms with Gasteiger partial charge in [-0.1, -0.05) is 6.07 Å². The molecule has 34 heavy (non-hydrogen) atoms. The number of ether oxygens (including phenoxy) is 1. The summed E-state index contributed by atoms with van der Waals surface area (Å²) in [4.78, 5) is 15.7. The van der Waals surface area contributed by atoms with Gasteiger partial charge in [-0.15, -0.1) is 0 Å². The van der Waals surface area contributed by atoms with Crippen LogP contribution in [0.15, 0.2) is 60.8 Å².